The second-order valence-corrected chi connectivity index (χ2v) is 5.66. The minimum Gasteiger partial charge on any atom is -0.507 e. The summed E-state index contributed by atoms with van der Waals surface area (Å²) < 4.78 is 4.93. The van der Waals surface area contributed by atoms with Crippen LogP contribution in [0.15, 0.2) is 48.5 Å². The summed E-state index contributed by atoms with van der Waals surface area (Å²) in [6, 6.07) is 13.2. The molecule has 0 aliphatic heterocycles. The number of hydrogen-bond acceptors (Lipinski definition) is 4. The van der Waals surface area contributed by atoms with Crippen LogP contribution in [0.1, 0.15) is 58.9 Å². The molecule has 0 spiro atoms. The van der Waals surface area contributed by atoms with E-state index in [9.17, 15) is 14.7 Å². The van der Waals surface area contributed by atoms with Gasteiger partial charge < -0.3 is 9.84 Å². The third-order valence-corrected chi connectivity index (χ3v) is 3.85. The zero-order valence-electron chi connectivity index (χ0n) is 13.8. The number of aromatic hydroxyl groups is 1. The van der Waals surface area contributed by atoms with Gasteiger partial charge >= 0.3 is 11.9 Å². The fraction of sp³-hybridized carbons (Fsp3) is 0.300. The summed E-state index contributed by atoms with van der Waals surface area (Å²) in [5, 5.41) is 9.67. The van der Waals surface area contributed by atoms with Crippen molar-refractivity contribution in [2.45, 2.75) is 39.0 Å². The van der Waals surface area contributed by atoms with Crippen molar-refractivity contribution < 1.29 is 19.4 Å². The van der Waals surface area contributed by atoms with E-state index in [1.54, 1.807) is 24.3 Å². The smallest absolute Gasteiger partial charge is 0.349 e. The highest BCUT2D eigenvalue weighted by atomic mass is 16.6. The monoisotopic (exact) mass is 326 g/mol. The van der Waals surface area contributed by atoms with E-state index in [1.807, 2.05) is 12.1 Å². The van der Waals surface area contributed by atoms with E-state index in [1.165, 1.54) is 18.6 Å². The van der Waals surface area contributed by atoms with E-state index in [-0.39, 0.29) is 11.3 Å². The van der Waals surface area contributed by atoms with Gasteiger partial charge in [-0.2, -0.15) is 0 Å². The van der Waals surface area contributed by atoms with Gasteiger partial charge in [-0.15, -0.1) is 0 Å². The highest BCUT2D eigenvalue weighted by Gasteiger charge is 2.19. The Hall–Kier alpha value is -2.62. The molecule has 2 aromatic rings. The molecule has 4 nitrogen and oxygen atoms in total. The van der Waals surface area contributed by atoms with Crippen molar-refractivity contribution in [3.63, 3.8) is 0 Å². The first-order chi connectivity index (χ1) is 11.6. The van der Waals surface area contributed by atoms with Crippen LogP contribution in [0.25, 0.3) is 0 Å². The number of phenolic OH excluding ortho intramolecular Hbond substituents is 1. The normalized spacial score (nSPS) is 10.4. The quantitative estimate of drug-likeness (QED) is 0.462. The predicted octanol–water partition coefficient (Wildman–Crippen LogP) is 4.51. The topological polar surface area (TPSA) is 63.6 Å². The molecule has 0 unspecified atom stereocenters. The van der Waals surface area contributed by atoms with Crippen LogP contribution in [0.2, 0.25) is 0 Å². The van der Waals surface area contributed by atoms with E-state index in [0.717, 1.165) is 31.2 Å². The summed E-state index contributed by atoms with van der Waals surface area (Å²) in [6.45, 7) is 2.15. The number of aryl methyl sites for hydroxylation is 1. The van der Waals surface area contributed by atoms with Crippen molar-refractivity contribution in [2.24, 2.45) is 0 Å². The molecular weight excluding hydrogens is 304 g/mol. The summed E-state index contributed by atoms with van der Waals surface area (Å²) >= 11 is 0. The summed E-state index contributed by atoms with van der Waals surface area (Å²) in [5.74, 6) is -1.74. The number of hydrogen-bond donors (Lipinski definition) is 1. The number of ether oxygens (including phenoxy) is 1. The molecule has 0 aliphatic carbocycles. The first-order valence-corrected chi connectivity index (χ1v) is 8.26. The molecular formula is C20H22O4. The van der Waals surface area contributed by atoms with Crippen molar-refractivity contribution in [1.29, 1.82) is 0 Å². The molecule has 0 atom stereocenters. The Kier molecular flexibility index (Phi) is 6.55. The lowest BCUT2D eigenvalue weighted by molar-refractivity contribution is 0.0395. The molecule has 0 radical (unpaired) electrons. The summed E-state index contributed by atoms with van der Waals surface area (Å²) in [6.07, 6.45) is 5.19. The van der Waals surface area contributed by atoms with Gasteiger partial charge in [-0.1, -0.05) is 56.5 Å². The Balaban J connectivity index is 2.07. The highest BCUT2D eigenvalue weighted by Crippen LogP contribution is 2.19. The highest BCUT2D eigenvalue weighted by molar-refractivity contribution is 6.04. The van der Waals surface area contributed by atoms with Gasteiger partial charge in [-0.05, 0) is 36.6 Å². The number of carbonyl (C=O) groups is 2. The molecule has 24 heavy (non-hydrogen) atoms. The number of para-hydroxylation sites is 1. The lowest BCUT2D eigenvalue weighted by Crippen LogP contribution is -2.14. The first-order valence-electron chi connectivity index (χ1n) is 8.26. The zero-order valence-corrected chi connectivity index (χ0v) is 13.8. The third-order valence-electron chi connectivity index (χ3n) is 3.85. The van der Waals surface area contributed by atoms with Crippen molar-refractivity contribution in [3.8, 4) is 5.75 Å². The Morgan fingerprint density at radius 3 is 2.21 bits per heavy atom. The molecule has 0 heterocycles. The van der Waals surface area contributed by atoms with Crippen LogP contribution in [-0.2, 0) is 11.2 Å². The Morgan fingerprint density at radius 2 is 1.50 bits per heavy atom. The predicted molar refractivity (Wildman–Crippen MR) is 92.1 cm³/mol. The van der Waals surface area contributed by atoms with Gasteiger partial charge in [0.15, 0.2) is 0 Å². The van der Waals surface area contributed by atoms with Gasteiger partial charge in [0.2, 0.25) is 0 Å². The van der Waals surface area contributed by atoms with Gasteiger partial charge in [0.25, 0.3) is 0 Å². The summed E-state index contributed by atoms with van der Waals surface area (Å²) in [5.41, 5.74) is 1.26. The number of esters is 2. The van der Waals surface area contributed by atoms with Crippen molar-refractivity contribution >= 4 is 11.9 Å². The Morgan fingerprint density at radius 1 is 0.875 bits per heavy atom. The number of benzene rings is 2. The van der Waals surface area contributed by atoms with Crippen LogP contribution in [-0.4, -0.2) is 17.0 Å². The van der Waals surface area contributed by atoms with Gasteiger partial charge in [0.1, 0.15) is 11.3 Å². The molecule has 2 aromatic carbocycles. The fourth-order valence-corrected chi connectivity index (χ4v) is 2.52. The number of phenols is 1. The van der Waals surface area contributed by atoms with Gasteiger partial charge in [-0.3, -0.25) is 0 Å². The van der Waals surface area contributed by atoms with Gasteiger partial charge in [0.05, 0.1) is 5.56 Å². The van der Waals surface area contributed by atoms with Crippen LogP contribution < -0.4 is 0 Å². The standard InChI is InChI=1S/C20H22O4/c1-2-3-4-5-10-15-11-6-7-12-16(15)19(22)24-20(23)17-13-8-9-14-18(17)21/h6-9,11-14,21H,2-5,10H2,1H3. The van der Waals surface area contributed by atoms with Gasteiger partial charge in [-0.25, -0.2) is 9.59 Å². The number of unbranched alkanes of at least 4 members (excludes halogenated alkanes) is 3. The van der Waals surface area contributed by atoms with E-state index in [0.29, 0.717) is 5.56 Å². The van der Waals surface area contributed by atoms with E-state index < -0.39 is 11.9 Å². The number of rotatable bonds is 7. The molecule has 126 valence electrons. The van der Waals surface area contributed by atoms with Crippen molar-refractivity contribution in [1.82, 2.24) is 0 Å². The molecule has 0 aliphatic rings. The minimum absolute atomic E-state index is 0.0220. The average Bonchev–Trinajstić information content (AvgIpc) is 2.59. The lowest BCUT2D eigenvalue weighted by atomic mass is 10.0. The second-order valence-electron chi connectivity index (χ2n) is 5.66. The molecule has 0 bridgehead atoms. The minimum atomic E-state index is -0.848. The Bertz CT molecular complexity index is 706. The first kappa shape index (κ1) is 17.7. The van der Waals surface area contributed by atoms with E-state index in [4.69, 9.17) is 4.74 Å². The largest absolute Gasteiger partial charge is 0.507 e. The van der Waals surface area contributed by atoms with Crippen LogP contribution in [0.4, 0.5) is 0 Å². The van der Waals surface area contributed by atoms with E-state index in [2.05, 4.69) is 6.92 Å². The molecule has 0 fully saturated rings. The van der Waals surface area contributed by atoms with Crippen LogP contribution >= 0.6 is 0 Å². The van der Waals surface area contributed by atoms with Crippen molar-refractivity contribution in [2.75, 3.05) is 0 Å². The molecule has 0 saturated heterocycles. The fourth-order valence-electron chi connectivity index (χ4n) is 2.52. The molecule has 4 heteroatoms. The third kappa shape index (κ3) is 4.69. The maximum Gasteiger partial charge on any atom is 0.349 e. The van der Waals surface area contributed by atoms with Gasteiger partial charge in [0, 0.05) is 0 Å². The van der Waals surface area contributed by atoms with Crippen LogP contribution in [0.5, 0.6) is 5.75 Å². The molecule has 2 rings (SSSR count). The Labute approximate surface area is 142 Å². The molecule has 0 aromatic heterocycles. The van der Waals surface area contributed by atoms with E-state index >= 15 is 0 Å². The van der Waals surface area contributed by atoms with Crippen molar-refractivity contribution in [3.05, 3.63) is 65.2 Å². The van der Waals surface area contributed by atoms with Crippen LogP contribution in [0.3, 0.4) is 0 Å². The molecule has 1 N–H and O–H groups in total. The maximum atomic E-state index is 12.3. The molecule has 0 amide bonds. The SMILES string of the molecule is CCCCCCc1ccccc1C(=O)OC(=O)c1ccccc1O. The second kappa shape index (κ2) is 8.87. The molecule has 0 saturated carbocycles. The number of carbonyl (C=O) groups excluding carboxylic acids is 2. The average molecular weight is 326 g/mol. The lowest BCUT2D eigenvalue weighted by Gasteiger charge is -2.09. The van der Waals surface area contributed by atoms with Crippen LogP contribution in [0, 0.1) is 0 Å². The zero-order chi connectivity index (χ0) is 17.4. The summed E-state index contributed by atoms with van der Waals surface area (Å²) in [7, 11) is 0. The summed E-state index contributed by atoms with van der Waals surface area (Å²) in [4.78, 5) is 24.4. The maximum absolute atomic E-state index is 12.3.